The molecule has 1 aromatic heterocycles. The van der Waals surface area contributed by atoms with Crippen molar-refractivity contribution in [2.24, 2.45) is 11.1 Å². The Morgan fingerprint density at radius 2 is 2.00 bits per heavy atom. The third kappa shape index (κ3) is 4.37. The first-order valence-corrected chi connectivity index (χ1v) is 7.30. The van der Waals surface area contributed by atoms with Gasteiger partial charge in [-0.15, -0.1) is 0 Å². The van der Waals surface area contributed by atoms with Crippen molar-refractivity contribution in [3.63, 3.8) is 0 Å². The topological polar surface area (TPSA) is 67.7 Å². The number of nitrogens with one attached hydrogen (secondary N) is 1. The molecule has 4 nitrogen and oxygen atoms in total. The smallest absolute Gasteiger partial charge is 0.0963 e. The van der Waals surface area contributed by atoms with Crippen LogP contribution in [0.5, 0.6) is 0 Å². The van der Waals surface area contributed by atoms with E-state index in [2.05, 4.69) is 29.7 Å². The second kappa shape index (κ2) is 6.73. The van der Waals surface area contributed by atoms with Gasteiger partial charge in [0, 0.05) is 17.7 Å². The Balaban J connectivity index is 2.45. The van der Waals surface area contributed by atoms with Gasteiger partial charge in [0.05, 0.1) is 11.5 Å². The van der Waals surface area contributed by atoms with Crippen molar-refractivity contribution in [1.82, 2.24) is 9.78 Å². The zero-order valence-corrected chi connectivity index (χ0v) is 12.8. The summed E-state index contributed by atoms with van der Waals surface area (Å²) >= 11 is 0. The summed E-state index contributed by atoms with van der Waals surface area (Å²) < 4.78 is 2.14. The molecule has 1 rings (SSSR count). The maximum Gasteiger partial charge on any atom is 0.0963 e. The van der Waals surface area contributed by atoms with E-state index in [0.717, 1.165) is 38.6 Å². The monoisotopic (exact) mass is 264 g/mol. The van der Waals surface area contributed by atoms with Crippen molar-refractivity contribution in [3.8, 4) is 0 Å². The van der Waals surface area contributed by atoms with Crippen molar-refractivity contribution in [3.05, 3.63) is 17.5 Å². The van der Waals surface area contributed by atoms with E-state index in [1.165, 1.54) is 11.4 Å². The van der Waals surface area contributed by atoms with Crippen molar-refractivity contribution in [2.75, 3.05) is 0 Å². The van der Waals surface area contributed by atoms with Crippen LogP contribution in [0.1, 0.15) is 58.3 Å². The summed E-state index contributed by atoms with van der Waals surface area (Å²) in [6.07, 6.45) is 5.17. The summed E-state index contributed by atoms with van der Waals surface area (Å²) in [6, 6.07) is 2.21. The summed E-state index contributed by atoms with van der Waals surface area (Å²) in [5.41, 5.74) is 7.93. The Morgan fingerprint density at radius 3 is 2.53 bits per heavy atom. The quantitative estimate of drug-likeness (QED) is 0.430. The molecule has 4 heteroatoms. The number of nitrogens with zero attached hydrogens (tertiary/aromatic N) is 2. The average molecular weight is 264 g/mol. The maximum atomic E-state index is 7.55. The molecule has 0 unspecified atom stereocenters. The Bertz CT molecular complexity index is 418. The fraction of sp³-hybridized carbons (Fsp3) is 0.733. The van der Waals surface area contributed by atoms with Crippen LogP contribution in [0.15, 0.2) is 6.07 Å². The minimum atomic E-state index is -0.174. The number of unbranched alkanes of at least 4 members (excludes halogenated alkanes) is 1. The molecule has 19 heavy (non-hydrogen) atoms. The third-order valence-corrected chi connectivity index (χ3v) is 3.79. The van der Waals surface area contributed by atoms with Gasteiger partial charge in [-0.3, -0.25) is 10.1 Å². The molecule has 0 atom stereocenters. The van der Waals surface area contributed by atoms with Gasteiger partial charge >= 0.3 is 0 Å². The molecule has 0 aliphatic heterocycles. The Morgan fingerprint density at radius 1 is 1.32 bits per heavy atom. The highest BCUT2D eigenvalue weighted by molar-refractivity contribution is 5.82. The van der Waals surface area contributed by atoms with E-state index >= 15 is 0 Å². The zero-order chi connectivity index (χ0) is 14.5. The van der Waals surface area contributed by atoms with Gasteiger partial charge in [-0.05, 0) is 31.7 Å². The van der Waals surface area contributed by atoms with E-state index in [-0.39, 0.29) is 11.3 Å². The fourth-order valence-corrected chi connectivity index (χ4v) is 2.13. The van der Waals surface area contributed by atoms with Gasteiger partial charge in [-0.1, -0.05) is 34.1 Å². The number of aryl methyl sites for hydroxylation is 3. The molecule has 0 aliphatic carbocycles. The SMILES string of the molecule is CCc1cc(CC)n(CCCCC(C)(C)C(=N)N)n1. The van der Waals surface area contributed by atoms with E-state index in [4.69, 9.17) is 11.1 Å². The van der Waals surface area contributed by atoms with E-state index in [1.807, 2.05) is 13.8 Å². The molecule has 108 valence electrons. The van der Waals surface area contributed by atoms with Gasteiger partial charge in [0.2, 0.25) is 0 Å². The first-order chi connectivity index (χ1) is 8.90. The molecule has 3 N–H and O–H groups in total. The Hall–Kier alpha value is -1.32. The van der Waals surface area contributed by atoms with Crippen LogP contribution >= 0.6 is 0 Å². The van der Waals surface area contributed by atoms with E-state index in [1.54, 1.807) is 0 Å². The van der Waals surface area contributed by atoms with E-state index < -0.39 is 0 Å². The predicted octanol–water partition coefficient (Wildman–Crippen LogP) is 3.14. The molecule has 0 radical (unpaired) electrons. The van der Waals surface area contributed by atoms with Crippen molar-refractivity contribution in [1.29, 1.82) is 5.41 Å². The third-order valence-electron chi connectivity index (χ3n) is 3.79. The van der Waals surface area contributed by atoms with Gasteiger partial charge < -0.3 is 5.73 Å². The first-order valence-electron chi connectivity index (χ1n) is 7.30. The molecule has 1 aromatic rings. The minimum absolute atomic E-state index is 0.174. The van der Waals surface area contributed by atoms with Crippen LogP contribution in [-0.4, -0.2) is 15.6 Å². The zero-order valence-electron chi connectivity index (χ0n) is 12.8. The molecule has 0 spiro atoms. The number of aromatic nitrogens is 2. The molecule has 0 amide bonds. The molecule has 0 saturated carbocycles. The van der Waals surface area contributed by atoms with Gasteiger partial charge in [0.15, 0.2) is 0 Å². The molecule has 0 aliphatic rings. The molecular weight excluding hydrogens is 236 g/mol. The highest BCUT2D eigenvalue weighted by Gasteiger charge is 2.20. The van der Waals surface area contributed by atoms with E-state index in [0.29, 0.717) is 0 Å². The molecule has 0 bridgehead atoms. The first kappa shape index (κ1) is 15.7. The highest BCUT2D eigenvalue weighted by Crippen LogP contribution is 2.23. The highest BCUT2D eigenvalue weighted by atomic mass is 15.3. The lowest BCUT2D eigenvalue weighted by atomic mass is 9.86. The van der Waals surface area contributed by atoms with Crippen LogP contribution in [-0.2, 0) is 19.4 Å². The fourth-order valence-electron chi connectivity index (χ4n) is 2.13. The van der Waals surface area contributed by atoms with E-state index in [9.17, 15) is 0 Å². The minimum Gasteiger partial charge on any atom is -0.387 e. The number of rotatable bonds is 8. The van der Waals surface area contributed by atoms with Gasteiger partial charge in [0.25, 0.3) is 0 Å². The second-order valence-electron chi connectivity index (χ2n) is 5.81. The number of amidine groups is 1. The lowest BCUT2D eigenvalue weighted by molar-refractivity contribution is 0.421. The molecule has 0 fully saturated rings. The normalized spacial score (nSPS) is 11.8. The number of nitrogens with two attached hydrogens (primary N) is 1. The Labute approximate surface area is 116 Å². The molecule has 0 aromatic carbocycles. The number of hydrogen-bond acceptors (Lipinski definition) is 2. The predicted molar refractivity (Wildman–Crippen MR) is 80.5 cm³/mol. The lowest BCUT2D eigenvalue weighted by Gasteiger charge is -2.22. The van der Waals surface area contributed by atoms with Crippen LogP contribution in [0.2, 0.25) is 0 Å². The van der Waals surface area contributed by atoms with Crippen LogP contribution in [0.3, 0.4) is 0 Å². The van der Waals surface area contributed by atoms with Gasteiger partial charge in [0.1, 0.15) is 0 Å². The van der Waals surface area contributed by atoms with Crippen LogP contribution in [0, 0.1) is 10.8 Å². The number of hydrogen-bond donors (Lipinski definition) is 2. The van der Waals surface area contributed by atoms with Crippen molar-refractivity contribution in [2.45, 2.75) is 66.3 Å². The average Bonchev–Trinajstić information content (AvgIpc) is 2.77. The second-order valence-corrected chi connectivity index (χ2v) is 5.81. The van der Waals surface area contributed by atoms with Gasteiger partial charge in [-0.25, -0.2) is 0 Å². The summed E-state index contributed by atoms with van der Waals surface area (Å²) in [6.45, 7) is 9.36. The Kier molecular flexibility index (Phi) is 5.58. The van der Waals surface area contributed by atoms with Crippen LogP contribution < -0.4 is 5.73 Å². The van der Waals surface area contributed by atoms with Crippen LogP contribution in [0.4, 0.5) is 0 Å². The summed E-state index contributed by atoms with van der Waals surface area (Å²) in [4.78, 5) is 0. The lowest BCUT2D eigenvalue weighted by Crippen LogP contribution is -2.30. The standard InChI is InChI=1S/C15H28N4/c1-5-12-11-13(6-2)19(18-12)10-8-7-9-15(3,4)14(16)17/h11H,5-10H2,1-4H3,(H3,16,17). The van der Waals surface area contributed by atoms with Gasteiger partial charge in [-0.2, -0.15) is 5.10 Å². The maximum absolute atomic E-state index is 7.55. The largest absolute Gasteiger partial charge is 0.387 e. The summed E-state index contributed by atoms with van der Waals surface area (Å²) in [5, 5.41) is 12.2. The van der Waals surface area contributed by atoms with Crippen molar-refractivity contribution >= 4 is 5.84 Å². The summed E-state index contributed by atoms with van der Waals surface area (Å²) in [7, 11) is 0. The van der Waals surface area contributed by atoms with Crippen LogP contribution in [0.25, 0.3) is 0 Å². The van der Waals surface area contributed by atoms with Crippen molar-refractivity contribution < 1.29 is 0 Å². The molecular formula is C15H28N4. The summed E-state index contributed by atoms with van der Waals surface area (Å²) in [5.74, 6) is 0.286. The molecule has 0 saturated heterocycles. The molecule has 1 heterocycles.